The molecule has 1 aromatic rings. The molecule has 2 saturated heterocycles. The molecule has 0 spiro atoms. The Kier molecular flexibility index (Phi) is 11.5. The first-order chi connectivity index (χ1) is 19.3. The lowest BCUT2D eigenvalue weighted by Crippen LogP contribution is -2.67. The summed E-state index contributed by atoms with van der Waals surface area (Å²) in [6.45, 7) is 8.25. The van der Waals surface area contributed by atoms with Crippen LogP contribution in [-0.2, 0) is 52.3 Å². The van der Waals surface area contributed by atoms with Crippen molar-refractivity contribution in [2.75, 3.05) is 6.61 Å². The van der Waals surface area contributed by atoms with Gasteiger partial charge in [0.25, 0.3) is 0 Å². The van der Waals surface area contributed by atoms with Gasteiger partial charge in [0, 0.05) is 38.6 Å². The Bertz CT molecular complexity index is 1090. The number of hydrogen-bond acceptors (Lipinski definition) is 14. The predicted octanol–water partition coefficient (Wildman–Crippen LogP) is 0.955. The van der Waals surface area contributed by atoms with Crippen molar-refractivity contribution in [2.45, 2.75) is 107 Å². The molecular weight excluding hydrogens is 560 g/mol. The summed E-state index contributed by atoms with van der Waals surface area (Å²) in [7, 11) is 0. The molecule has 0 aliphatic carbocycles. The second-order valence-electron chi connectivity index (χ2n) is 10.0. The van der Waals surface area contributed by atoms with E-state index in [0.29, 0.717) is 0 Å². The van der Waals surface area contributed by atoms with Crippen molar-refractivity contribution in [1.82, 2.24) is 0 Å². The van der Waals surface area contributed by atoms with Gasteiger partial charge in [0.1, 0.15) is 30.4 Å². The van der Waals surface area contributed by atoms with Gasteiger partial charge in [0.05, 0.1) is 6.04 Å². The van der Waals surface area contributed by atoms with Crippen molar-refractivity contribution >= 4 is 35.6 Å². The normalized spacial score (nSPS) is 32.0. The van der Waals surface area contributed by atoms with Crippen molar-refractivity contribution in [3.8, 4) is 0 Å². The zero-order valence-electron chi connectivity index (χ0n) is 23.8. The van der Waals surface area contributed by atoms with Gasteiger partial charge in [0.2, 0.25) is 0 Å². The Labute approximate surface area is 242 Å². The lowest BCUT2D eigenvalue weighted by Gasteiger charge is -2.46. The molecule has 41 heavy (non-hydrogen) atoms. The number of benzene rings is 1. The van der Waals surface area contributed by atoms with E-state index in [-0.39, 0.29) is 6.61 Å². The molecule has 4 N–H and O–H groups in total. The Morgan fingerprint density at radius 2 is 1.41 bits per heavy atom. The second kappa shape index (κ2) is 14.4. The van der Waals surface area contributed by atoms with Gasteiger partial charge in [0.15, 0.2) is 24.6 Å². The summed E-state index contributed by atoms with van der Waals surface area (Å²) in [4.78, 5) is 48.5. The van der Waals surface area contributed by atoms with Gasteiger partial charge in [-0.15, -0.1) is 0 Å². The Hall–Kier alpha value is -2.75. The van der Waals surface area contributed by atoms with Gasteiger partial charge >= 0.3 is 23.9 Å². The molecule has 2 aliphatic rings. The van der Waals surface area contributed by atoms with E-state index in [1.807, 2.05) is 31.2 Å². The molecule has 14 heteroatoms. The molecule has 2 aliphatic heterocycles. The molecule has 2 fully saturated rings. The third kappa shape index (κ3) is 8.87. The molecule has 1 aromatic carbocycles. The Morgan fingerprint density at radius 3 is 1.95 bits per heavy atom. The van der Waals surface area contributed by atoms with Crippen LogP contribution in [0, 0.1) is 6.92 Å². The van der Waals surface area contributed by atoms with E-state index in [1.54, 1.807) is 6.92 Å². The highest BCUT2D eigenvalue weighted by Crippen LogP contribution is 2.39. The first-order valence-corrected chi connectivity index (χ1v) is 14.0. The molecule has 0 radical (unpaired) electrons. The van der Waals surface area contributed by atoms with Crippen LogP contribution in [0.3, 0.4) is 0 Å². The highest BCUT2D eigenvalue weighted by molar-refractivity contribution is 7.99. The molecule has 13 nitrogen and oxygen atoms in total. The molecule has 0 unspecified atom stereocenters. The number of hydrogen-bond donors (Lipinski definition) is 2. The van der Waals surface area contributed by atoms with E-state index < -0.39 is 84.3 Å². The summed E-state index contributed by atoms with van der Waals surface area (Å²) in [6, 6.07) is 5.79. The van der Waals surface area contributed by atoms with Crippen LogP contribution in [0.2, 0.25) is 0 Å². The van der Waals surface area contributed by atoms with E-state index in [1.165, 1.54) is 39.5 Å². The number of aryl methyl sites for hydroxylation is 1. The minimum absolute atomic E-state index is 0.217. The van der Waals surface area contributed by atoms with E-state index in [9.17, 15) is 19.2 Å². The van der Waals surface area contributed by atoms with E-state index in [0.717, 1.165) is 10.5 Å². The molecule has 0 aromatic heterocycles. The second-order valence-corrected chi connectivity index (χ2v) is 11.2. The molecule has 0 amide bonds. The summed E-state index contributed by atoms with van der Waals surface area (Å²) in [5, 5.41) is 0. The number of ether oxygens (including phenoxy) is 7. The minimum Gasteiger partial charge on any atom is -0.463 e. The number of thioether (sulfide) groups is 1. The Balaban J connectivity index is 1.95. The lowest BCUT2D eigenvalue weighted by molar-refractivity contribution is -0.289. The Morgan fingerprint density at radius 1 is 0.854 bits per heavy atom. The fraction of sp³-hybridized carbons (Fsp3) is 0.630. The van der Waals surface area contributed by atoms with Crippen LogP contribution < -0.4 is 11.5 Å². The minimum atomic E-state index is -1.28. The number of rotatable bonds is 10. The van der Waals surface area contributed by atoms with Crippen LogP contribution in [0.4, 0.5) is 0 Å². The maximum absolute atomic E-state index is 12.2. The van der Waals surface area contributed by atoms with Gasteiger partial charge in [-0.1, -0.05) is 29.5 Å². The summed E-state index contributed by atoms with van der Waals surface area (Å²) < 4.78 is 40.3. The van der Waals surface area contributed by atoms with Crippen LogP contribution in [0.5, 0.6) is 0 Å². The summed E-state index contributed by atoms with van der Waals surface area (Å²) >= 11 is 1.30. The van der Waals surface area contributed by atoms with Crippen LogP contribution in [0.1, 0.15) is 40.2 Å². The van der Waals surface area contributed by atoms with Crippen molar-refractivity contribution in [1.29, 1.82) is 0 Å². The van der Waals surface area contributed by atoms with Crippen LogP contribution in [0.15, 0.2) is 29.2 Å². The van der Waals surface area contributed by atoms with E-state index >= 15 is 0 Å². The third-order valence-electron chi connectivity index (χ3n) is 6.34. The van der Waals surface area contributed by atoms with Gasteiger partial charge in [-0.3, -0.25) is 19.2 Å². The first-order valence-electron chi connectivity index (χ1n) is 13.1. The van der Waals surface area contributed by atoms with Crippen molar-refractivity contribution in [3.05, 3.63) is 29.8 Å². The molecule has 3 rings (SSSR count). The smallest absolute Gasteiger partial charge is 0.303 e. The topological polar surface area (TPSA) is 185 Å². The highest BCUT2D eigenvalue weighted by Gasteiger charge is 2.55. The number of nitrogens with two attached hydrogens (primary N) is 2. The van der Waals surface area contributed by atoms with Gasteiger partial charge in [-0.25, -0.2) is 0 Å². The maximum atomic E-state index is 12.2. The van der Waals surface area contributed by atoms with Crippen molar-refractivity contribution in [3.63, 3.8) is 0 Å². The monoisotopic (exact) mass is 598 g/mol. The summed E-state index contributed by atoms with van der Waals surface area (Å²) in [5.74, 6) is -2.46. The fourth-order valence-electron chi connectivity index (χ4n) is 4.60. The highest BCUT2D eigenvalue weighted by atomic mass is 32.2. The number of carbonyl (C=O) groups is 4. The van der Waals surface area contributed by atoms with Gasteiger partial charge in [-0.05, 0) is 26.0 Å². The maximum Gasteiger partial charge on any atom is 0.303 e. The first kappa shape index (κ1) is 32.8. The largest absolute Gasteiger partial charge is 0.463 e. The summed E-state index contributed by atoms with van der Waals surface area (Å²) in [5.41, 5.74) is 12.9. The zero-order chi connectivity index (χ0) is 30.4. The van der Waals surface area contributed by atoms with Crippen molar-refractivity contribution in [2.24, 2.45) is 11.5 Å². The van der Waals surface area contributed by atoms with E-state index in [4.69, 9.17) is 44.6 Å². The van der Waals surface area contributed by atoms with Gasteiger partial charge < -0.3 is 44.6 Å². The molecule has 10 atom stereocenters. The lowest BCUT2D eigenvalue weighted by atomic mass is 9.93. The van der Waals surface area contributed by atoms with Crippen LogP contribution in [0.25, 0.3) is 0 Å². The van der Waals surface area contributed by atoms with Crippen LogP contribution >= 0.6 is 11.8 Å². The van der Waals surface area contributed by atoms with Crippen LogP contribution in [-0.4, -0.2) is 90.9 Å². The van der Waals surface area contributed by atoms with Crippen molar-refractivity contribution < 1.29 is 52.3 Å². The molecular formula is C27H38N2O11S. The van der Waals surface area contributed by atoms with E-state index in [2.05, 4.69) is 0 Å². The fourth-order valence-corrected chi connectivity index (χ4v) is 5.70. The molecule has 2 heterocycles. The molecule has 228 valence electrons. The average Bonchev–Trinajstić information content (AvgIpc) is 3.17. The summed E-state index contributed by atoms with van der Waals surface area (Å²) in [6.07, 6.45) is -7.46. The van der Waals surface area contributed by atoms with Gasteiger partial charge in [-0.2, -0.15) is 0 Å². The molecule has 0 bridgehead atoms. The number of carbonyl (C=O) groups excluding carboxylic acids is 4. The average molecular weight is 599 g/mol. The zero-order valence-corrected chi connectivity index (χ0v) is 24.7. The predicted molar refractivity (Wildman–Crippen MR) is 144 cm³/mol. The number of esters is 4. The quantitative estimate of drug-likeness (QED) is 0.286. The SMILES string of the molecule is CC(=O)OC[C@H]1O[C@@H](Sc2ccc(C)cc2)[C@H](OC(C)=O)[C@@H]1O[C@H]1O[C@@H]([C@@H](C)N)[C@@H](OC(C)=O)[C@H](OC(C)=O)[C@H]1N. The molecule has 0 saturated carbocycles. The third-order valence-corrected chi connectivity index (χ3v) is 7.50. The standard InChI is InChI=1S/C27H38N2O11S/c1-12-7-9-18(10-8-12)41-27-25(37-17(6)33)22(19(38-27)11-34-14(3)30)40-26-20(29)23(35-15(4)31)24(36-16(5)32)21(39-26)13(2)28/h7-10,13,19-27H,11,28-29H2,1-6H3/t13-,19-,20-,21+,22-,23-,24-,25-,26-,27+/m1/s1.